The summed E-state index contributed by atoms with van der Waals surface area (Å²) in [6.07, 6.45) is 1.73. The van der Waals surface area contributed by atoms with E-state index in [-0.39, 0.29) is 10.9 Å². The third-order valence-corrected chi connectivity index (χ3v) is 3.97. The summed E-state index contributed by atoms with van der Waals surface area (Å²) in [5.41, 5.74) is 2.88. The summed E-state index contributed by atoms with van der Waals surface area (Å²) >= 11 is 6.22. The highest BCUT2D eigenvalue weighted by atomic mass is 35.5. The molecule has 1 amide bonds. The Balaban J connectivity index is 1.82. The Morgan fingerprint density at radius 2 is 1.71 bits per heavy atom. The van der Waals surface area contributed by atoms with E-state index in [4.69, 9.17) is 11.6 Å². The van der Waals surface area contributed by atoms with Crippen LogP contribution in [0.25, 0.3) is 10.9 Å². The van der Waals surface area contributed by atoms with Gasteiger partial charge in [0.05, 0.1) is 11.2 Å². The molecule has 2 aromatic carbocycles. The second-order valence-corrected chi connectivity index (χ2v) is 5.64. The lowest BCUT2D eigenvalue weighted by Gasteiger charge is -2.11. The highest BCUT2D eigenvalue weighted by Crippen LogP contribution is 2.23. The van der Waals surface area contributed by atoms with Gasteiger partial charge in [0, 0.05) is 23.0 Å². The number of amides is 1. The summed E-state index contributed by atoms with van der Waals surface area (Å²) in [5.74, 6) is -0.360. The molecule has 0 atom stereocenters. The fraction of sp³-hybridized carbons (Fsp3) is 0.0526. The molecule has 24 heavy (non-hydrogen) atoms. The van der Waals surface area contributed by atoms with Gasteiger partial charge in [-0.2, -0.15) is 0 Å². The van der Waals surface area contributed by atoms with Crippen LogP contribution in [0.2, 0.25) is 0 Å². The number of para-hydroxylation sites is 2. The minimum atomic E-state index is -0.360. The van der Waals surface area contributed by atoms with E-state index in [1.54, 1.807) is 25.3 Å². The predicted molar refractivity (Wildman–Crippen MR) is 99.0 cm³/mol. The molecular weight excluding hydrogens is 322 g/mol. The number of carbonyl (C=O) groups excluding carboxylic acids is 1. The molecule has 0 saturated heterocycles. The van der Waals surface area contributed by atoms with Crippen molar-refractivity contribution in [1.29, 1.82) is 0 Å². The minimum Gasteiger partial charge on any atom is -0.356 e. The van der Waals surface area contributed by atoms with Gasteiger partial charge in [-0.3, -0.25) is 9.78 Å². The van der Waals surface area contributed by atoms with E-state index >= 15 is 0 Å². The van der Waals surface area contributed by atoms with Crippen molar-refractivity contribution in [3.8, 4) is 0 Å². The number of benzene rings is 2. The van der Waals surface area contributed by atoms with Gasteiger partial charge in [-0.1, -0.05) is 48.0 Å². The number of rotatable bonds is 4. The maximum Gasteiger partial charge on any atom is 0.268 e. The normalized spacial score (nSPS) is 11.8. The minimum absolute atomic E-state index is 0.104. The number of aromatic nitrogens is 1. The van der Waals surface area contributed by atoms with Gasteiger partial charge >= 0.3 is 0 Å². The lowest BCUT2D eigenvalue weighted by atomic mass is 10.2. The highest BCUT2D eigenvalue weighted by molar-refractivity contribution is 6.44. The molecule has 3 rings (SSSR count). The summed E-state index contributed by atoms with van der Waals surface area (Å²) in [7, 11) is 0. The van der Waals surface area contributed by atoms with E-state index in [0.717, 1.165) is 16.6 Å². The molecule has 4 nitrogen and oxygen atoms in total. The standard InChI is InChI=1S/C19H16ClN3O/c1-13(17(20)19(24)23-15-9-3-2-4-10-15)22-16-11-5-7-14-8-6-12-21-18(14)16/h2-12,22H,1H3,(H,23,24)/b17-13-. The first-order valence-corrected chi connectivity index (χ1v) is 7.86. The SMILES string of the molecule is C/C(Nc1cccc2cccnc12)=C(/Cl)C(=O)Nc1ccccc1. The van der Waals surface area contributed by atoms with Crippen LogP contribution >= 0.6 is 11.6 Å². The van der Waals surface area contributed by atoms with Crippen LogP contribution in [0.5, 0.6) is 0 Å². The zero-order valence-corrected chi connectivity index (χ0v) is 13.8. The molecule has 0 radical (unpaired) electrons. The van der Waals surface area contributed by atoms with Crippen molar-refractivity contribution in [2.75, 3.05) is 10.6 Å². The lowest BCUT2D eigenvalue weighted by molar-refractivity contribution is -0.112. The van der Waals surface area contributed by atoms with E-state index in [9.17, 15) is 4.79 Å². The number of hydrogen-bond acceptors (Lipinski definition) is 3. The molecule has 2 N–H and O–H groups in total. The number of nitrogens with one attached hydrogen (secondary N) is 2. The molecule has 0 saturated carbocycles. The molecule has 0 aliphatic rings. The number of fused-ring (bicyclic) bond motifs is 1. The number of pyridine rings is 1. The van der Waals surface area contributed by atoms with Gasteiger partial charge in [-0.05, 0) is 31.2 Å². The fourth-order valence-corrected chi connectivity index (χ4v) is 2.43. The molecule has 1 aromatic heterocycles. The van der Waals surface area contributed by atoms with Crippen molar-refractivity contribution in [2.45, 2.75) is 6.92 Å². The molecule has 0 bridgehead atoms. The zero-order chi connectivity index (χ0) is 16.9. The Morgan fingerprint density at radius 3 is 2.50 bits per heavy atom. The van der Waals surface area contributed by atoms with Crippen molar-refractivity contribution in [2.24, 2.45) is 0 Å². The third-order valence-electron chi connectivity index (χ3n) is 3.52. The first-order valence-electron chi connectivity index (χ1n) is 7.48. The van der Waals surface area contributed by atoms with Crippen molar-refractivity contribution >= 4 is 39.8 Å². The summed E-state index contributed by atoms with van der Waals surface area (Å²) in [6.45, 7) is 1.76. The number of hydrogen-bond donors (Lipinski definition) is 2. The van der Waals surface area contributed by atoms with Crippen molar-refractivity contribution in [3.05, 3.63) is 77.6 Å². The Bertz CT molecular complexity index is 901. The Kier molecular flexibility index (Phi) is 4.77. The van der Waals surface area contributed by atoms with Gasteiger partial charge < -0.3 is 10.6 Å². The third kappa shape index (κ3) is 3.55. The average molecular weight is 338 g/mol. The summed E-state index contributed by atoms with van der Waals surface area (Å²) < 4.78 is 0. The van der Waals surface area contributed by atoms with Crippen molar-refractivity contribution in [3.63, 3.8) is 0 Å². The molecular formula is C19H16ClN3O. The first kappa shape index (κ1) is 16.0. The number of carbonyl (C=O) groups is 1. The molecule has 0 unspecified atom stereocenters. The molecule has 120 valence electrons. The zero-order valence-electron chi connectivity index (χ0n) is 13.1. The van der Waals surface area contributed by atoms with Gasteiger partial charge in [0.25, 0.3) is 5.91 Å². The average Bonchev–Trinajstić information content (AvgIpc) is 2.62. The first-order chi connectivity index (χ1) is 11.6. The van der Waals surface area contributed by atoms with Gasteiger partial charge in [-0.15, -0.1) is 0 Å². The van der Waals surface area contributed by atoms with Crippen LogP contribution in [0.4, 0.5) is 11.4 Å². The van der Waals surface area contributed by atoms with Gasteiger partial charge in [0.15, 0.2) is 0 Å². The molecule has 0 aliphatic heterocycles. The van der Waals surface area contributed by atoms with E-state index < -0.39 is 0 Å². The van der Waals surface area contributed by atoms with Crippen LogP contribution in [0.3, 0.4) is 0 Å². The van der Waals surface area contributed by atoms with Gasteiger partial charge in [0.1, 0.15) is 5.03 Å². The van der Waals surface area contributed by atoms with E-state index in [1.807, 2.05) is 48.5 Å². The smallest absolute Gasteiger partial charge is 0.268 e. The number of allylic oxidation sites excluding steroid dienone is 1. The summed E-state index contributed by atoms with van der Waals surface area (Å²) in [5, 5.41) is 7.05. The molecule has 0 aliphatic carbocycles. The largest absolute Gasteiger partial charge is 0.356 e. The van der Waals surface area contributed by atoms with Crippen LogP contribution in [-0.4, -0.2) is 10.9 Å². The highest BCUT2D eigenvalue weighted by Gasteiger charge is 2.12. The Morgan fingerprint density at radius 1 is 0.958 bits per heavy atom. The fourth-order valence-electron chi connectivity index (χ4n) is 2.34. The topological polar surface area (TPSA) is 54.0 Å². The molecule has 3 aromatic rings. The quantitative estimate of drug-likeness (QED) is 0.675. The van der Waals surface area contributed by atoms with Crippen molar-refractivity contribution in [1.82, 2.24) is 4.98 Å². The lowest BCUT2D eigenvalue weighted by Crippen LogP contribution is -2.14. The predicted octanol–water partition coefficient (Wildman–Crippen LogP) is 4.76. The van der Waals surface area contributed by atoms with E-state index in [1.165, 1.54) is 0 Å². The van der Waals surface area contributed by atoms with Crippen LogP contribution in [0, 0.1) is 0 Å². The number of anilines is 2. The Labute approximate surface area is 145 Å². The van der Waals surface area contributed by atoms with E-state index in [2.05, 4.69) is 15.6 Å². The van der Waals surface area contributed by atoms with E-state index in [0.29, 0.717) is 11.4 Å². The number of halogens is 1. The monoisotopic (exact) mass is 337 g/mol. The summed E-state index contributed by atoms with van der Waals surface area (Å²) in [6, 6.07) is 18.9. The van der Waals surface area contributed by atoms with Crippen LogP contribution in [-0.2, 0) is 4.79 Å². The maximum absolute atomic E-state index is 12.3. The Hall–Kier alpha value is -2.85. The van der Waals surface area contributed by atoms with Crippen LogP contribution < -0.4 is 10.6 Å². The van der Waals surface area contributed by atoms with Gasteiger partial charge in [0.2, 0.25) is 0 Å². The summed E-state index contributed by atoms with van der Waals surface area (Å²) in [4.78, 5) is 16.6. The second kappa shape index (κ2) is 7.15. The molecule has 0 spiro atoms. The van der Waals surface area contributed by atoms with Gasteiger partial charge in [-0.25, -0.2) is 0 Å². The molecule has 1 heterocycles. The number of nitrogens with zero attached hydrogens (tertiary/aromatic N) is 1. The van der Waals surface area contributed by atoms with Crippen LogP contribution in [0.15, 0.2) is 77.6 Å². The molecule has 5 heteroatoms. The van der Waals surface area contributed by atoms with Crippen molar-refractivity contribution < 1.29 is 4.79 Å². The molecule has 0 fully saturated rings. The maximum atomic E-state index is 12.3. The van der Waals surface area contributed by atoms with Crippen LogP contribution in [0.1, 0.15) is 6.92 Å². The second-order valence-electron chi connectivity index (χ2n) is 5.26.